The number of methoxy groups -OCH3 is 2. The van der Waals surface area contributed by atoms with E-state index in [0.29, 0.717) is 18.3 Å². The molecular formula is C16H21N3O2. The van der Waals surface area contributed by atoms with Crippen LogP contribution < -0.4 is 14.8 Å². The normalized spacial score (nSPS) is 10.2. The molecule has 2 aromatic rings. The SMILES string of the molecule is CCCc1ccc(NCc2c(OC)ncnc2OC)cc1. The molecule has 0 aliphatic carbocycles. The molecule has 0 saturated heterocycles. The summed E-state index contributed by atoms with van der Waals surface area (Å²) in [5.74, 6) is 1.05. The number of hydrogen-bond donors (Lipinski definition) is 1. The first kappa shape index (κ1) is 15.1. The summed E-state index contributed by atoms with van der Waals surface area (Å²) in [4.78, 5) is 8.21. The fourth-order valence-corrected chi connectivity index (χ4v) is 2.15. The number of anilines is 1. The van der Waals surface area contributed by atoms with Crippen molar-refractivity contribution in [3.8, 4) is 11.8 Å². The number of aromatic nitrogens is 2. The van der Waals surface area contributed by atoms with E-state index in [0.717, 1.165) is 24.1 Å². The van der Waals surface area contributed by atoms with Gasteiger partial charge in [0.15, 0.2) is 0 Å². The Hall–Kier alpha value is -2.30. The quantitative estimate of drug-likeness (QED) is 0.848. The summed E-state index contributed by atoms with van der Waals surface area (Å²) >= 11 is 0. The largest absolute Gasteiger partial charge is 0.481 e. The van der Waals surface area contributed by atoms with Gasteiger partial charge in [0.1, 0.15) is 6.33 Å². The lowest BCUT2D eigenvalue weighted by Gasteiger charge is -2.12. The molecule has 0 fully saturated rings. The molecule has 0 bridgehead atoms. The first-order chi connectivity index (χ1) is 10.3. The van der Waals surface area contributed by atoms with Crippen molar-refractivity contribution in [2.24, 2.45) is 0 Å². The Bertz CT molecular complexity index is 548. The molecule has 0 radical (unpaired) electrons. The summed E-state index contributed by atoms with van der Waals surface area (Å²) in [7, 11) is 3.18. The van der Waals surface area contributed by atoms with Gasteiger partial charge in [0.2, 0.25) is 11.8 Å². The Labute approximate surface area is 125 Å². The van der Waals surface area contributed by atoms with Gasteiger partial charge in [0, 0.05) is 5.69 Å². The van der Waals surface area contributed by atoms with Gasteiger partial charge in [-0.25, -0.2) is 9.97 Å². The van der Waals surface area contributed by atoms with Crippen LogP contribution in [0.25, 0.3) is 0 Å². The first-order valence-electron chi connectivity index (χ1n) is 7.03. The van der Waals surface area contributed by atoms with E-state index in [2.05, 4.69) is 46.5 Å². The predicted molar refractivity (Wildman–Crippen MR) is 82.9 cm³/mol. The van der Waals surface area contributed by atoms with E-state index in [1.54, 1.807) is 14.2 Å². The Morgan fingerprint density at radius 2 is 1.62 bits per heavy atom. The Balaban J connectivity index is 2.08. The van der Waals surface area contributed by atoms with Crippen LogP contribution in [0.2, 0.25) is 0 Å². The number of aryl methyl sites for hydroxylation is 1. The standard InChI is InChI=1S/C16H21N3O2/c1-4-5-12-6-8-13(9-7-12)17-10-14-15(20-2)18-11-19-16(14)21-3/h6-9,11,17H,4-5,10H2,1-3H3. The molecule has 1 aromatic heterocycles. The molecule has 5 heteroatoms. The molecule has 0 saturated carbocycles. The van der Waals surface area contributed by atoms with E-state index in [4.69, 9.17) is 9.47 Å². The molecule has 1 N–H and O–H groups in total. The molecule has 0 unspecified atom stereocenters. The second-order valence-corrected chi connectivity index (χ2v) is 4.67. The van der Waals surface area contributed by atoms with Crippen molar-refractivity contribution in [2.75, 3.05) is 19.5 Å². The molecule has 0 atom stereocenters. The fourth-order valence-electron chi connectivity index (χ4n) is 2.15. The number of rotatable bonds is 7. The monoisotopic (exact) mass is 287 g/mol. The van der Waals surface area contributed by atoms with Gasteiger partial charge >= 0.3 is 0 Å². The molecule has 0 spiro atoms. The van der Waals surface area contributed by atoms with Crippen LogP contribution in [0, 0.1) is 0 Å². The summed E-state index contributed by atoms with van der Waals surface area (Å²) in [6.45, 7) is 2.72. The van der Waals surface area contributed by atoms with Crippen molar-refractivity contribution in [3.05, 3.63) is 41.7 Å². The Kier molecular flexibility index (Phi) is 5.37. The molecule has 112 valence electrons. The van der Waals surface area contributed by atoms with Crippen LogP contribution in [-0.2, 0) is 13.0 Å². The summed E-state index contributed by atoms with van der Waals surface area (Å²) in [5.41, 5.74) is 3.20. The highest BCUT2D eigenvalue weighted by Crippen LogP contribution is 2.24. The van der Waals surface area contributed by atoms with E-state index < -0.39 is 0 Å². The number of benzene rings is 1. The van der Waals surface area contributed by atoms with Gasteiger partial charge < -0.3 is 14.8 Å². The fraction of sp³-hybridized carbons (Fsp3) is 0.375. The van der Waals surface area contributed by atoms with E-state index in [1.807, 2.05) is 0 Å². The molecule has 0 amide bonds. The first-order valence-corrected chi connectivity index (χ1v) is 7.03. The van der Waals surface area contributed by atoms with Gasteiger partial charge in [-0.2, -0.15) is 0 Å². The molecule has 1 heterocycles. The zero-order valence-electron chi connectivity index (χ0n) is 12.7. The third-order valence-electron chi connectivity index (χ3n) is 3.21. The topological polar surface area (TPSA) is 56.3 Å². The van der Waals surface area contributed by atoms with Crippen molar-refractivity contribution >= 4 is 5.69 Å². The van der Waals surface area contributed by atoms with Crippen LogP contribution in [0.5, 0.6) is 11.8 Å². The number of nitrogens with zero attached hydrogens (tertiary/aromatic N) is 2. The van der Waals surface area contributed by atoms with E-state index >= 15 is 0 Å². The molecule has 1 aromatic carbocycles. The third kappa shape index (κ3) is 3.84. The van der Waals surface area contributed by atoms with Gasteiger partial charge in [-0.1, -0.05) is 25.5 Å². The molecule has 21 heavy (non-hydrogen) atoms. The molecule has 5 nitrogen and oxygen atoms in total. The lowest BCUT2D eigenvalue weighted by Crippen LogP contribution is -2.06. The van der Waals surface area contributed by atoms with E-state index in [1.165, 1.54) is 11.9 Å². The van der Waals surface area contributed by atoms with Gasteiger partial charge in [-0.3, -0.25) is 0 Å². The lowest BCUT2D eigenvalue weighted by atomic mass is 10.1. The maximum atomic E-state index is 5.26. The van der Waals surface area contributed by atoms with Gasteiger partial charge in [-0.05, 0) is 24.1 Å². The van der Waals surface area contributed by atoms with E-state index in [9.17, 15) is 0 Å². The van der Waals surface area contributed by atoms with Gasteiger partial charge in [0.05, 0.1) is 26.3 Å². The summed E-state index contributed by atoms with van der Waals surface area (Å²) < 4.78 is 10.5. The van der Waals surface area contributed by atoms with Crippen LogP contribution in [-0.4, -0.2) is 24.2 Å². The third-order valence-corrected chi connectivity index (χ3v) is 3.21. The second kappa shape index (κ2) is 7.47. The van der Waals surface area contributed by atoms with Crippen molar-refractivity contribution < 1.29 is 9.47 Å². The summed E-state index contributed by atoms with van der Waals surface area (Å²) in [6.07, 6.45) is 3.69. The molecule has 0 aliphatic rings. The van der Waals surface area contributed by atoms with E-state index in [-0.39, 0.29) is 0 Å². The predicted octanol–water partition coefficient (Wildman–Crippen LogP) is 3.06. The summed E-state index contributed by atoms with van der Waals surface area (Å²) in [6, 6.07) is 8.44. The highest BCUT2D eigenvalue weighted by Gasteiger charge is 2.12. The molecular weight excluding hydrogens is 266 g/mol. The minimum Gasteiger partial charge on any atom is -0.481 e. The lowest BCUT2D eigenvalue weighted by molar-refractivity contribution is 0.363. The average molecular weight is 287 g/mol. The number of ether oxygens (including phenoxy) is 2. The van der Waals surface area contributed by atoms with Crippen LogP contribution in [0.3, 0.4) is 0 Å². The van der Waals surface area contributed by atoms with Crippen molar-refractivity contribution in [2.45, 2.75) is 26.3 Å². The zero-order chi connectivity index (χ0) is 15.1. The van der Waals surface area contributed by atoms with Crippen molar-refractivity contribution in [1.82, 2.24) is 9.97 Å². The van der Waals surface area contributed by atoms with Crippen LogP contribution in [0.15, 0.2) is 30.6 Å². The Morgan fingerprint density at radius 3 is 2.14 bits per heavy atom. The van der Waals surface area contributed by atoms with Crippen molar-refractivity contribution in [3.63, 3.8) is 0 Å². The highest BCUT2D eigenvalue weighted by molar-refractivity contribution is 5.47. The molecule has 0 aliphatic heterocycles. The maximum absolute atomic E-state index is 5.26. The minimum atomic E-state index is 0.525. The van der Waals surface area contributed by atoms with Crippen LogP contribution in [0.4, 0.5) is 5.69 Å². The highest BCUT2D eigenvalue weighted by atomic mass is 16.5. The minimum absolute atomic E-state index is 0.525. The maximum Gasteiger partial charge on any atom is 0.225 e. The Morgan fingerprint density at radius 1 is 1.00 bits per heavy atom. The van der Waals surface area contributed by atoms with Gasteiger partial charge in [0.25, 0.3) is 0 Å². The second-order valence-electron chi connectivity index (χ2n) is 4.67. The number of nitrogens with one attached hydrogen (secondary N) is 1. The zero-order valence-corrected chi connectivity index (χ0v) is 12.7. The number of hydrogen-bond acceptors (Lipinski definition) is 5. The van der Waals surface area contributed by atoms with Crippen LogP contribution in [0.1, 0.15) is 24.5 Å². The van der Waals surface area contributed by atoms with Crippen LogP contribution >= 0.6 is 0 Å². The smallest absolute Gasteiger partial charge is 0.225 e. The average Bonchev–Trinajstić information content (AvgIpc) is 2.54. The van der Waals surface area contributed by atoms with Gasteiger partial charge in [-0.15, -0.1) is 0 Å². The van der Waals surface area contributed by atoms with Crippen molar-refractivity contribution in [1.29, 1.82) is 0 Å². The molecule has 2 rings (SSSR count). The summed E-state index contributed by atoms with van der Waals surface area (Å²) in [5, 5.41) is 3.34.